The zero-order valence-corrected chi connectivity index (χ0v) is 20.8. The van der Waals surface area contributed by atoms with E-state index in [-0.39, 0.29) is 66.5 Å². The second-order valence-corrected chi connectivity index (χ2v) is 9.35. The number of imide groups is 1. The third kappa shape index (κ3) is 4.75. The van der Waals surface area contributed by atoms with E-state index in [1.165, 1.54) is 11.1 Å². The second-order valence-electron chi connectivity index (χ2n) is 8.91. The van der Waals surface area contributed by atoms with Gasteiger partial charge in [-0.25, -0.2) is 0 Å². The van der Waals surface area contributed by atoms with Crippen LogP contribution in [0.1, 0.15) is 28.9 Å². The molecule has 3 amide bonds. The molecule has 6 rings (SSSR count). The van der Waals surface area contributed by atoms with Crippen LogP contribution in [0.25, 0.3) is 0 Å². The fraction of sp³-hybridized carbons (Fsp3) is 0.280. The number of pyridine rings is 1. The molecule has 3 aliphatic heterocycles. The number of fused-ring (bicyclic) bond motifs is 5. The van der Waals surface area contributed by atoms with E-state index in [0.29, 0.717) is 22.0 Å². The zero-order chi connectivity index (χ0) is 24.8. The summed E-state index contributed by atoms with van der Waals surface area (Å²) in [5, 5.41) is 11.2. The number of nitrogens with zero attached hydrogens (tertiary/aromatic N) is 4. The summed E-state index contributed by atoms with van der Waals surface area (Å²) in [6.07, 6.45) is 2.74. The van der Waals surface area contributed by atoms with Crippen LogP contribution < -0.4 is 10.1 Å². The van der Waals surface area contributed by atoms with Gasteiger partial charge in [-0.15, -0.1) is 22.6 Å². The number of ether oxygens (including phenoxy) is 2. The fourth-order valence-corrected chi connectivity index (χ4v) is 5.12. The summed E-state index contributed by atoms with van der Waals surface area (Å²) in [4.78, 5) is 43.8. The molecule has 1 aromatic carbocycles. The number of likely N-dealkylation sites (tertiary alicyclic amines) is 1. The maximum Gasteiger partial charge on any atom is 0.258 e. The Morgan fingerprint density at radius 2 is 1.70 bits per heavy atom. The number of carbonyl (C=O) groups excluding carboxylic acids is 3. The first-order valence-corrected chi connectivity index (χ1v) is 11.9. The summed E-state index contributed by atoms with van der Waals surface area (Å²) < 4.78 is 11.3. The first kappa shape index (κ1) is 25.1. The molecule has 0 saturated carbocycles. The van der Waals surface area contributed by atoms with Crippen LogP contribution in [-0.4, -0.2) is 50.0 Å². The summed E-state index contributed by atoms with van der Waals surface area (Å²) in [5.74, 6) is -0.494. The standard InChI is InChI=1S/C25H20ClN5O5.ClH/c26-14-2-5-16(6-3-14)35-20-10-9-19(29-30-20)28-23(32)13-1-4-15(27-11-13)12-31-24(33)21-17-7-8-18(36-17)22(21)25(31)34;/h1-6,9-11,17-18,21-22H,7-8,12H2,(H,28,29,32);1H. The van der Waals surface area contributed by atoms with Crippen LogP contribution in [0.4, 0.5) is 5.82 Å². The Kier molecular flexibility index (Phi) is 6.80. The highest BCUT2D eigenvalue weighted by Crippen LogP contribution is 2.48. The van der Waals surface area contributed by atoms with Gasteiger partial charge in [0.15, 0.2) is 5.82 Å². The van der Waals surface area contributed by atoms with Gasteiger partial charge in [-0.3, -0.25) is 24.3 Å². The summed E-state index contributed by atoms with van der Waals surface area (Å²) in [7, 11) is 0. The molecule has 3 saturated heterocycles. The Morgan fingerprint density at radius 3 is 2.30 bits per heavy atom. The normalized spacial score (nSPS) is 23.5. The number of halogens is 2. The van der Waals surface area contributed by atoms with Crippen molar-refractivity contribution in [1.29, 1.82) is 0 Å². The highest BCUT2D eigenvalue weighted by Gasteiger charge is 2.62. The van der Waals surface area contributed by atoms with Gasteiger partial charge in [0, 0.05) is 17.3 Å². The van der Waals surface area contributed by atoms with Gasteiger partial charge in [0.25, 0.3) is 5.91 Å². The average Bonchev–Trinajstić information content (AvgIpc) is 3.57. The van der Waals surface area contributed by atoms with Crippen molar-refractivity contribution in [3.63, 3.8) is 0 Å². The van der Waals surface area contributed by atoms with Gasteiger partial charge in [0.1, 0.15) is 5.75 Å². The summed E-state index contributed by atoms with van der Waals surface area (Å²) >= 11 is 5.86. The molecule has 0 spiro atoms. The molecule has 4 atom stereocenters. The van der Waals surface area contributed by atoms with Gasteiger partial charge in [-0.05, 0) is 55.3 Å². The van der Waals surface area contributed by atoms with E-state index in [0.717, 1.165) is 12.8 Å². The number of carbonyl (C=O) groups is 3. The van der Waals surface area contributed by atoms with Crippen LogP contribution in [0.15, 0.2) is 54.7 Å². The Bertz CT molecular complexity index is 1310. The summed E-state index contributed by atoms with van der Waals surface area (Å²) in [6.45, 7) is 0.0760. The lowest BCUT2D eigenvalue weighted by atomic mass is 9.81. The average molecular weight is 542 g/mol. The second kappa shape index (κ2) is 10.0. The van der Waals surface area contributed by atoms with Crippen molar-refractivity contribution in [3.05, 3.63) is 71.0 Å². The van der Waals surface area contributed by atoms with E-state index in [1.54, 1.807) is 48.5 Å². The maximum atomic E-state index is 12.8. The molecule has 0 aliphatic carbocycles. The summed E-state index contributed by atoms with van der Waals surface area (Å²) in [6, 6.07) is 13.2. The molecule has 4 unspecified atom stereocenters. The molecule has 1 N–H and O–H groups in total. The smallest absolute Gasteiger partial charge is 0.258 e. The number of nitrogens with one attached hydrogen (secondary N) is 1. The first-order chi connectivity index (χ1) is 17.5. The minimum Gasteiger partial charge on any atom is -0.438 e. The summed E-state index contributed by atoms with van der Waals surface area (Å²) in [5.41, 5.74) is 0.814. The quantitative estimate of drug-likeness (QED) is 0.469. The van der Waals surface area contributed by atoms with Crippen LogP contribution in [-0.2, 0) is 20.9 Å². The third-order valence-corrected chi connectivity index (χ3v) is 6.95. The predicted octanol–water partition coefficient (Wildman–Crippen LogP) is 3.65. The minimum atomic E-state index is -0.425. The van der Waals surface area contributed by atoms with Gasteiger partial charge in [-0.2, -0.15) is 0 Å². The van der Waals surface area contributed by atoms with Crippen molar-refractivity contribution in [2.45, 2.75) is 31.6 Å². The SMILES string of the molecule is Cl.O=C(Nc1ccc(Oc2ccc(Cl)cc2)nn1)c1ccc(CN2C(=O)C3C4CCC(O4)C3C2=O)nc1. The largest absolute Gasteiger partial charge is 0.438 e. The molecule has 190 valence electrons. The van der Waals surface area contributed by atoms with E-state index in [9.17, 15) is 14.4 Å². The number of hydrogen-bond acceptors (Lipinski definition) is 8. The van der Waals surface area contributed by atoms with Gasteiger partial charge in [-0.1, -0.05) is 11.6 Å². The van der Waals surface area contributed by atoms with Crippen molar-refractivity contribution in [1.82, 2.24) is 20.1 Å². The van der Waals surface area contributed by atoms with Gasteiger partial charge >= 0.3 is 0 Å². The monoisotopic (exact) mass is 541 g/mol. The molecule has 5 heterocycles. The third-order valence-electron chi connectivity index (χ3n) is 6.70. The lowest BCUT2D eigenvalue weighted by molar-refractivity contribution is -0.143. The highest BCUT2D eigenvalue weighted by atomic mass is 35.5. The lowest BCUT2D eigenvalue weighted by Gasteiger charge is -2.17. The number of hydrogen-bond donors (Lipinski definition) is 1. The van der Waals surface area contributed by atoms with E-state index >= 15 is 0 Å². The maximum absolute atomic E-state index is 12.8. The number of amides is 3. The van der Waals surface area contributed by atoms with E-state index < -0.39 is 5.91 Å². The molecule has 3 aromatic rings. The first-order valence-electron chi connectivity index (χ1n) is 11.5. The number of rotatable bonds is 6. The predicted molar refractivity (Wildman–Crippen MR) is 133 cm³/mol. The van der Waals surface area contributed by atoms with Crippen LogP contribution in [0, 0.1) is 11.8 Å². The lowest BCUT2D eigenvalue weighted by Crippen LogP contribution is -2.34. The van der Waals surface area contributed by atoms with Gasteiger partial charge < -0.3 is 14.8 Å². The van der Waals surface area contributed by atoms with Gasteiger partial charge in [0.05, 0.1) is 41.8 Å². The van der Waals surface area contributed by atoms with Crippen molar-refractivity contribution in [3.8, 4) is 11.6 Å². The van der Waals surface area contributed by atoms with Crippen molar-refractivity contribution < 1.29 is 23.9 Å². The Hall–Kier alpha value is -3.60. The van der Waals surface area contributed by atoms with Crippen LogP contribution >= 0.6 is 24.0 Å². The van der Waals surface area contributed by atoms with E-state index in [2.05, 4.69) is 20.5 Å². The van der Waals surface area contributed by atoms with Crippen LogP contribution in [0.5, 0.6) is 11.6 Å². The molecule has 2 aromatic heterocycles. The minimum absolute atomic E-state index is 0. The number of aromatic nitrogens is 3. The molecule has 3 aliphatic rings. The Labute approximate surface area is 222 Å². The molecular formula is C25H21Cl2N5O5. The van der Waals surface area contributed by atoms with Crippen molar-refractivity contribution >= 4 is 47.5 Å². The van der Waals surface area contributed by atoms with Crippen molar-refractivity contribution in [2.24, 2.45) is 11.8 Å². The van der Waals surface area contributed by atoms with Crippen LogP contribution in [0.2, 0.25) is 5.02 Å². The molecule has 3 fully saturated rings. The molecular weight excluding hydrogens is 521 g/mol. The molecule has 12 heteroatoms. The molecule has 10 nitrogen and oxygen atoms in total. The van der Waals surface area contributed by atoms with Crippen LogP contribution in [0.3, 0.4) is 0 Å². The van der Waals surface area contributed by atoms with E-state index in [4.69, 9.17) is 21.1 Å². The number of benzene rings is 1. The van der Waals surface area contributed by atoms with Crippen molar-refractivity contribution in [2.75, 3.05) is 5.32 Å². The molecule has 0 radical (unpaired) electrons. The topological polar surface area (TPSA) is 124 Å². The molecule has 37 heavy (non-hydrogen) atoms. The fourth-order valence-electron chi connectivity index (χ4n) is 5.00. The Morgan fingerprint density at radius 1 is 1.00 bits per heavy atom. The molecule has 2 bridgehead atoms. The zero-order valence-electron chi connectivity index (χ0n) is 19.2. The number of anilines is 1. The highest BCUT2D eigenvalue weighted by molar-refractivity contribution is 6.30. The van der Waals surface area contributed by atoms with E-state index in [1.807, 2.05) is 0 Å². The Balaban J connectivity index is 0.00000280. The van der Waals surface area contributed by atoms with Gasteiger partial charge in [0.2, 0.25) is 17.7 Å².